The summed E-state index contributed by atoms with van der Waals surface area (Å²) in [6.07, 6.45) is 0. The molecule has 0 bridgehead atoms. The number of nitrogens with zero attached hydrogens (tertiary/aromatic N) is 4. The van der Waals surface area contributed by atoms with Gasteiger partial charge in [-0.1, -0.05) is 188 Å². The van der Waals surface area contributed by atoms with Gasteiger partial charge in [0, 0.05) is 33.2 Å². The molecular weight excluding hydrogens is 741 g/mol. The van der Waals surface area contributed by atoms with Gasteiger partial charge in [0.05, 0.1) is 11.0 Å². The monoisotopic (exact) mass is 776 g/mol. The molecule has 0 unspecified atom stereocenters. The zero-order valence-corrected chi connectivity index (χ0v) is 33.1. The first kappa shape index (κ1) is 34.8. The third-order valence-corrected chi connectivity index (χ3v) is 12.0. The van der Waals surface area contributed by atoms with Gasteiger partial charge in [0.15, 0.2) is 17.5 Å². The largest absolute Gasteiger partial charge is 0.309 e. The van der Waals surface area contributed by atoms with Crippen molar-refractivity contribution in [3.05, 3.63) is 218 Å². The van der Waals surface area contributed by atoms with Gasteiger partial charge in [-0.05, 0) is 84.9 Å². The fourth-order valence-corrected chi connectivity index (χ4v) is 9.27. The van der Waals surface area contributed by atoms with Gasteiger partial charge >= 0.3 is 0 Å². The van der Waals surface area contributed by atoms with Crippen molar-refractivity contribution in [2.24, 2.45) is 0 Å². The molecule has 0 aliphatic carbocycles. The topological polar surface area (TPSA) is 43.6 Å². The van der Waals surface area contributed by atoms with E-state index >= 15 is 0 Å². The first-order valence-corrected chi connectivity index (χ1v) is 20.7. The van der Waals surface area contributed by atoms with Gasteiger partial charge in [-0.15, -0.1) is 0 Å². The molecule has 4 heteroatoms. The Kier molecular flexibility index (Phi) is 8.13. The molecule has 0 amide bonds. The maximum Gasteiger partial charge on any atom is 0.164 e. The molecule has 0 aliphatic heterocycles. The second kappa shape index (κ2) is 14.3. The van der Waals surface area contributed by atoms with Crippen LogP contribution in [-0.4, -0.2) is 19.5 Å². The van der Waals surface area contributed by atoms with Crippen LogP contribution >= 0.6 is 0 Å². The van der Waals surface area contributed by atoms with E-state index in [4.69, 9.17) is 15.0 Å². The number of para-hydroxylation sites is 2. The Morgan fingerprint density at radius 2 is 0.869 bits per heavy atom. The highest BCUT2D eigenvalue weighted by atomic mass is 15.0. The highest BCUT2D eigenvalue weighted by Crippen LogP contribution is 2.42. The van der Waals surface area contributed by atoms with E-state index in [-0.39, 0.29) is 0 Å². The van der Waals surface area contributed by atoms with E-state index in [1.165, 1.54) is 37.9 Å². The third-order valence-electron chi connectivity index (χ3n) is 12.0. The molecule has 0 fully saturated rings. The summed E-state index contributed by atoms with van der Waals surface area (Å²) in [5.41, 5.74) is 10.7. The lowest BCUT2D eigenvalue weighted by atomic mass is 9.89. The van der Waals surface area contributed by atoms with Crippen molar-refractivity contribution in [2.75, 3.05) is 0 Å². The molecule has 0 saturated carbocycles. The first-order chi connectivity index (χ1) is 30.3. The minimum atomic E-state index is 0.618. The molecule has 0 spiro atoms. The maximum atomic E-state index is 5.35. The summed E-state index contributed by atoms with van der Waals surface area (Å²) in [7, 11) is 0. The minimum absolute atomic E-state index is 0.618. The van der Waals surface area contributed by atoms with Crippen LogP contribution in [-0.2, 0) is 0 Å². The molecule has 12 rings (SSSR count). The van der Waals surface area contributed by atoms with Gasteiger partial charge in [0.1, 0.15) is 0 Å². The molecule has 12 aromatic rings. The van der Waals surface area contributed by atoms with Crippen LogP contribution in [0, 0.1) is 0 Å². The number of rotatable bonds is 6. The average Bonchev–Trinajstić information content (AvgIpc) is 3.68. The molecule has 4 nitrogen and oxygen atoms in total. The Balaban J connectivity index is 1.08. The van der Waals surface area contributed by atoms with Crippen molar-refractivity contribution in [1.82, 2.24) is 19.5 Å². The standard InChI is InChI=1S/C57H36N4/c1-3-16-37(17-4-1)43-22-11-12-25-47(43)56-58-55(59-57(60-56)49-27-15-29-52-54(49)48-26-13-14-28-51(48)61(52)42-20-5-2-6-21-42)40-32-30-39(31-33-40)53-45-24-10-8-19-41(45)36-50-44-23-9-7-18-38(44)34-35-46(50)53/h1-36H. The van der Waals surface area contributed by atoms with Gasteiger partial charge in [-0.25, -0.2) is 15.0 Å². The second-order valence-electron chi connectivity index (χ2n) is 15.5. The smallest absolute Gasteiger partial charge is 0.164 e. The van der Waals surface area contributed by atoms with Crippen LogP contribution < -0.4 is 0 Å². The SMILES string of the molecule is c1ccc(-c2ccccc2-c2nc(-c3ccc(-c4c5ccccc5cc5c4ccc4ccccc45)cc3)nc(-c3cccc4c3c3ccccc3n4-c3ccccc3)n2)cc1. The van der Waals surface area contributed by atoms with Crippen LogP contribution in [0.2, 0.25) is 0 Å². The molecule has 61 heavy (non-hydrogen) atoms. The Labute approximate surface area is 352 Å². The lowest BCUT2D eigenvalue weighted by Gasteiger charge is -2.15. The van der Waals surface area contributed by atoms with Crippen molar-refractivity contribution in [3.63, 3.8) is 0 Å². The van der Waals surface area contributed by atoms with Crippen LogP contribution in [0.5, 0.6) is 0 Å². The Hall–Kier alpha value is -8.21. The van der Waals surface area contributed by atoms with E-state index in [2.05, 4.69) is 217 Å². The highest BCUT2D eigenvalue weighted by Gasteiger charge is 2.21. The Bertz CT molecular complexity index is 3630. The predicted molar refractivity (Wildman–Crippen MR) is 254 cm³/mol. The highest BCUT2D eigenvalue weighted by molar-refractivity contribution is 6.20. The Morgan fingerprint density at radius 1 is 0.295 bits per heavy atom. The molecule has 0 saturated heterocycles. The van der Waals surface area contributed by atoms with E-state index in [0.717, 1.165) is 60.9 Å². The fraction of sp³-hybridized carbons (Fsp3) is 0. The summed E-state index contributed by atoms with van der Waals surface area (Å²) in [5.74, 6) is 1.87. The quantitative estimate of drug-likeness (QED) is 0.125. The van der Waals surface area contributed by atoms with Gasteiger partial charge in [0.25, 0.3) is 0 Å². The van der Waals surface area contributed by atoms with Crippen LogP contribution in [0.15, 0.2) is 218 Å². The van der Waals surface area contributed by atoms with Crippen LogP contribution in [0.4, 0.5) is 0 Å². The normalized spacial score (nSPS) is 11.6. The average molecular weight is 777 g/mol. The molecule has 0 atom stereocenters. The van der Waals surface area contributed by atoms with Crippen molar-refractivity contribution in [3.8, 4) is 62.1 Å². The number of fused-ring (bicyclic) bond motifs is 7. The summed E-state index contributed by atoms with van der Waals surface area (Å²) >= 11 is 0. The maximum absolute atomic E-state index is 5.35. The van der Waals surface area contributed by atoms with E-state index in [1.54, 1.807) is 0 Å². The molecule has 284 valence electrons. The molecule has 10 aromatic carbocycles. The summed E-state index contributed by atoms with van der Waals surface area (Å²) < 4.78 is 2.33. The van der Waals surface area contributed by atoms with E-state index < -0.39 is 0 Å². The molecule has 0 aliphatic rings. The first-order valence-electron chi connectivity index (χ1n) is 20.7. The van der Waals surface area contributed by atoms with Gasteiger partial charge < -0.3 is 4.57 Å². The molecule has 2 aromatic heterocycles. The third kappa shape index (κ3) is 5.80. The number of hydrogen-bond acceptors (Lipinski definition) is 3. The van der Waals surface area contributed by atoms with Crippen LogP contribution in [0.25, 0.3) is 116 Å². The summed E-state index contributed by atoms with van der Waals surface area (Å²) in [6.45, 7) is 0. The summed E-state index contributed by atoms with van der Waals surface area (Å²) in [6, 6.07) is 77.5. The zero-order valence-electron chi connectivity index (χ0n) is 33.1. The van der Waals surface area contributed by atoms with E-state index in [0.29, 0.717) is 17.5 Å². The van der Waals surface area contributed by atoms with Crippen LogP contribution in [0.3, 0.4) is 0 Å². The van der Waals surface area contributed by atoms with Gasteiger partial charge in [-0.2, -0.15) is 0 Å². The van der Waals surface area contributed by atoms with Gasteiger partial charge in [-0.3, -0.25) is 0 Å². The molecule has 0 N–H and O–H groups in total. The van der Waals surface area contributed by atoms with Crippen molar-refractivity contribution in [2.45, 2.75) is 0 Å². The summed E-state index contributed by atoms with van der Waals surface area (Å²) in [4.78, 5) is 16.0. The lowest BCUT2D eigenvalue weighted by molar-refractivity contribution is 1.08. The van der Waals surface area contributed by atoms with E-state index in [9.17, 15) is 0 Å². The van der Waals surface area contributed by atoms with Crippen molar-refractivity contribution >= 4 is 54.1 Å². The number of benzene rings is 10. The van der Waals surface area contributed by atoms with Crippen molar-refractivity contribution in [1.29, 1.82) is 0 Å². The molecular formula is C57H36N4. The lowest BCUT2D eigenvalue weighted by Crippen LogP contribution is -2.01. The summed E-state index contributed by atoms with van der Waals surface area (Å²) in [5, 5.41) is 9.67. The van der Waals surface area contributed by atoms with Crippen LogP contribution in [0.1, 0.15) is 0 Å². The number of hydrogen-bond donors (Lipinski definition) is 0. The zero-order chi connectivity index (χ0) is 40.3. The molecule has 2 heterocycles. The second-order valence-corrected chi connectivity index (χ2v) is 15.5. The number of aromatic nitrogens is 4. The predicted octanol–water partition coefficient (Wildman–Crippen LogP) is 14.8. The molecule has 0 radical (unpaired) electrons. The van der Waals surface area contributed by atoms with E-state index in [1.807, 2.05) is 6.07 Å². The minimum Gasteiger partial charge on any atom is -0.309 e. The Morgan fingerprint density at radius 3 is 1.67 bits per heavy atom. The fourth-order valence-electron chi connectivity index (χ4n) is 9.27. The van der Waals surface area contributed by atoms with Gasteiger partial charge in [0.2, 0.25) is 0 Å². The van der Waals surface area contributed by atoms with Crippen molar-refractivity contribution < 1.29 is 0 Å².